The molecule has 2 aromatic carbocycles. The van der Waals surface area contributed by atoms with Crippen LogP contribution in [-0.2, 0) is 27.8 Å². The second-order valence-electron chi connectivity index (χ2n) is 5.91. The molecule has 25 heavy (non-hydrogen) atoms. The molecule has 0 aliphatic rings. The topological polar surface area (TPSA) is 66.5 Å². The van der Waals surface area contributed by atoms with Crippen molar-refractivity contribution in [3.63, 3.8) is 0 Å². The van der Waals surface area contributed by atoms with Crippen LogP contribution in [0.4, 0.5) is 5.69 Å². The van der Waals surface area contributed by atoms with Crippen molar-refractivity contribution in [3.05, 3.63) is 65.7 Å². The molecule has 0 atom stereocenters. The molecule has 5 nitrogen and oxygen atoms in total. The van der Waals surface area contributed by atoms with Crippen LogP contribution in [0.2, 0.25) is 0 Å². The standard InChI is InChI=1S/C19H24N2O3S/c1-3-16-9-11-18(12-10-16)20-19(22)13-14-25(23,24)21(2)15-17-7-5-4-6-8-17/h4-12H,3,13-15H2,1-2H3,(H,20,22). The number of nitrogens with one attached hydrogen (secondary N) is 1. The fourth-order valence-electron chi connectivity index (χ4n) is 2.36. The maximum Gasteiger partial charge on any atom is 0.225 e. The van der Waals surface area contributed by atoms with Crippen LogP contribution in [0.5, 0.6) is 0 Å². The first-order chi connectivity index (χ1) is 11.9. The largest absolute Gasteiger partial charge is 0.326 e. The first-order valence-electron chi connectivity index (χ1n) is 8.27. The zero-order valence-electron chi connectivity index (χ0n) is 14.6. The molecule has 0 fully saturated rings. The van der Waals surface area contributed by atoms with Gasteiger partial charge in [-0.05, 0) is 29.7 Å². The number of carbonyl (C=O) groups is 1. The Balaban J connectivity index is 1.86. The van der Waals surface area contributed by atoms with Crippen molar-refractivity contribution >= 4 is 21.6 Å². The van der Waals surface area contributed by atoms with Gasteiger partial charge in [-0.15, -0.1) is 0 Å². The lowest BCUT2D eigenvalue weighted by Crippen LogP contribution is -2.30. The minimum atomic E-state index is -3.48. The number of amides is 1. The highest BCUT2D eigenvalue weighted by molar-refractivity contribution is 7.89. The molecule has 0 saturated heterocycles. The highest BCUT2D eigenvalue weighted by Crippen LogP contribution is 2.12. The predicted molar refractivity (Wildman–Crippen MR) is 101 cm³/mol. The molecule has 134 valence electrons. The quantitative estimate of drug-likeness (QED) is 0.787. The summed E-state index contributed by atoms with van der Waals surface area (Å²) in [6.45, 7) is 2.35. The number of anilines is 1. The second kappa shape index (κ2) is 8.78. The summed E-state index contributed by atoms with van der Waals surface area (Å²) in [6, 6.07) is 16.9. The fraction of sp³-hybridized carbons (Fsp3) is 0.316. The molecule has 0 radical (unpaired) electrons. The van der Waals surface area contributed by atoms with Crippen molar-refractivity contribution in [2.75, 3.05) is 18.1 Å². The number of hydrogen-bond acceptors (Lipinski definition) is 3. The molecular formula is C19H24N2O3S. The van der Waals surface area contributed by atoms with Gasteiger partial charge in [-0.3, -0.25) is 4.79 Å². The highest BCUT2D eigenvalue weighted by Gasteiger charge is 2.19. The molecule has 1 N–H and O–H groups in total. The number of benzene rings is 2. The van der Waals surface area contributed by atoms with Gasteiger partial charge >= 0.3 is 0 Å². The Morgan fingerprint density at radius 1 is 1.00 bits per heavy atom. The summed E-state index contributed by atoms with van der Waals surface area (Å²) in [7, 11) is -1.95. The van der Waals surface area contributed by atoms with Crippen LogP contribution in [-0.4, -0.2) is 31.4 Å². The third kappa shape index (κ3) is 5.99. The smallest absolute Gasteiger partial charge is 0.225 e. The van der Waals surface area contributed by atoms with Gasteiger partial charge in [-0.2, -0.15) is 0 Å². The van der Waals surface area contributed by atoms with Gasteiger partial charge in [-0.1, -0.05) is 49.4 Å². The summed E-state index contributed by atoms with van der Waals surface area (Å²) < 4.78 is 25.9. The van der Waals surface area contributed by atoms with E-state index >= 15 is 0 Å². The molecule has 0 bridgehead atoms. The molecule has 0 spiro atoms. The molecule has 0 aliphatic carbocycles. The molecule has 0 unspecified atom stereocenters. The summed E-state index contributed by atoms with van der Waals surface area (Å²) in [6.07, 6.45) is 0.858. The number of aryl methyl sites for hydroxylation is 1. The molecule has 2 aromatic rings. The lowest BCUT2D eigenvalue weighted by Gasteiger charge is -2.17. The first-order valence-corrected chi connectivity index (χ1v) is 9.88. The fourth-order valence-corrected chi connectivity index (χ4v) is 3.46. The van der Waals surface area contributed by atoms with Gasteiger partial charge in [0.1, 0.15) is 0 Å². The normalized spacial score (nSPS) is 11.5. The second-order valence-corrected chi connectivity index (χ2v) is 8.10. The highest BCUT2D eigenvalue weighted by atomic mass is 32.2. The Bertz CT molecular complexity index is 787. The van der Waals surface area contributed by atoms with Gasteiger partial charge in [0.2, 0.25) is 15.9 Å². The summed E-state index contributed by atoms with van der Waals surface area (Å²) in [4.78, 5) is 12.0. The lowest BCUT2D eigenvalue weighted by atomic mass is 10.1. The van der Waals surface area contributed by atoms with Crippen molar-refractivity contribution in [2.45, 2.75) is 26.3 Å². The third-order valence-corrected chi connectivity index (χ3v) is 5.75. The number of sulfonamides is 1. The van der Waals surface area contributed by atoms with Gasteiger partial charge in [0, 0.05) is 25.7 Å². The van der Waals surface area contributed by atoms with Crippen molar-refractivity contribution in [2.24, 2.45) is 0 Å². The Kier molecular flexibility index (Phi) is 6.73. The van der Waals surface area contributed by atoms with Gasteiger partial charge < -0.3 is 5.32 Å². The minimum absolute atomic E-state index is 0.0724. The summed E-state index contributed by atoms with van der Waals surface area (Å²) >= 11 is 0. The van der Waals surface area contributed by atoms with E-state index in [0.29, 0.717) is 12.2 Å². The molecule has 0 heterocycles. The van der Waals surface area contributed by atoms with E-state index in [1.807, 2.05) is 54.6 Å². The van der Waals surface area contributed by atoms with E-state index < -0.39 is 10.0 Å². The van der Waals surface area contributed by atoms with E-state index in [2.05, 4.69) is 12.2 Å². The number of hydrogen-bond donors (Lipinski definition) is 1. The average molecular weight is 360 g/mol. The first kappa shape index (κ1) is 19.1. The van der Waals surface area contributed by atoms with E-state index in [4.69, 9.17) is 0 Å². The van der Waals surface area contributed by atoms with Gasteiger partial charge in [-0.25, -0.2) is 12.7 Å². The van der Waals surface area contributed by atoms with Crippen LogP contribution < -0.4 is 5.32 Å². The molecule has 1 amide bonds. The molecule has 2 rings (SSSR count). The van der Waals surface area contributed by atoms with Crippen LogP contribution in [0.3, 0.4) is 0 Å². The van der Waals surface area contributed by atoms with Crippen LogP contribution in [0.15, 0.2) is 54.6 Å². The Labute approximate surface area is 149 Å². The van der Waals surface area contributed by atoms with Crippen molar-refractivity contribution in [1.82, 2.24) is 4.31 Å². The number of carbonyl (C=O) groups excluding carboxylic acids is 1. The van der Waals surface area contributed by atoms with E-state index in [-0.39, 0.29) is 18.1 Å². The Morgan fingerprint density at radius 2 is 1.64 bits per heavy atom. The summed E-state index contributed by atoms with van der Waals surface area (Å²) in [5.74, 6) is -0.518. The van der Waals surface area contributed by atoms with Crippen molar-refractivity contribution in [1.29, 1.82) is 0 Å². The maximum atomic E-state index is 12.3. The SMILES string of the molecule is CCc1ccc(NC(=O)CCS(=O)(=O)N(C)Cc2ccccc2)cc1. The molecular weight excluding hydrogens is 336 g/mol. The molecule has 6 heteroatoms. The minimum Gasteiger partial charge on any atom is -0.326 e. The van der Waals surface area contributed by atoms with Crippen LogP contribution in [0.1, 0.15) is 24.5 Å². The van der Waals surface area contributed by atoms with Crippen LogP contribution in [0.25, 0.3) is 0 Å². The average Bonchev–Trinajstić information content (AvgIpc) is 2.61. The number of rotatable bonds is 8. The monoisotopic (exact) mass is 360 g/mol. The Morgan fingerprint density at radius 3 is 2.24 bits per heavy atom. The van der Waals surface area contributed by atoms with Gasteiger partial charge in [0.15, 0.2) is 0 Å². The summed E-state index contributed by atoms with van der Waals surface area (Å²) in [5, 5.41) is 2.73. The van der Waals surface area contributed by atoms with Crippen LogP contribution in [0, 0.1) is 0 Å². The molecule has 0 aromatic heterocycles. The van der Waals surface area contributed by atoms with Crippen molar-refractivity contribution < 1.29 is 13.2 Å². The third-order valence-electron chi connectivity index (χ3n) is 3.96. The van der Waals surface area contributed by atoms with E-state index in [9.17, 15) is 13.2 Å². The van der Waals surface area contributed by atoms with E-state index in [1.165, 1.54) is 16.9 Å². The zero-order valence-corrected chi connectivity index (χ0v) is 15.4. The van der Waals surface area contributed by atoms with Gasteiger partial charge in [0.05, 0.1) is 5.75 Å². The lowest BCUT2D eigenvalue weighted by molar-refractivity contribution is -0.115. The van der Waals surface area contributed by atoms with Gasteiger partial charge in [0.25, 0.3) is 0 Å². The number of nitrogens with zero attached hydrogens (tertiary/aromatic N) is 1. The van der Waals surface area contributed by atoms with E-state index in [0.717, 1.165) is 12.0 Å². The van der Waals surface area contributed by atoms with E-state index in [1.54, 1.807) is 0 Å². The zero-order chi connectivity index (χ0) is 18.3. The summed E-state index contributed by atoms with van der Waals surface area (Å²) in [5.41, 5.74) is 2.77. The van der Waals surface area contributed by atoms with Crippen molar-refractivity contribution in [3.8, 4) is 0 Å². The molecule has 0 saturated carbocycles. The van der Waals surface area contributed by atoms with Crippen LogP contribution >= 0.6 is 0 Å². The Hall–Kier alpha value is -2.18. The molecule has 0 aliphatic heterocycles. The maximum absolute atomic E-state index is 12.3. The predicted octanol–water partition coefficient (Wildman–Crippen LogP) is 3.04.